The first kappa shape index (κ1) is 11.0. The molecule has 1 aliphatic heterocycles. The Bertz CT molecular complexity index is 362. The number of likely N-dealkylation sites (tertiary alicyclic amines) is 1. The zero-order valence-electron chi connectivity index (χ0n) is 8.27. The molecule has 2 rings (SSSR count). The van der Waals surface area contributed by atoms with Crippen molar-refractivity contribution in [1.82, 2.24) is 4.90 Å². The zero-order chi connectivity index (χ0) is 10.8. The van der Waals surface area contributed by atoms with Crippen molar-refractivity contribution in [3.63, 3.8) is 0 Å². The minimum absolute atomic E-state index is 0.172. The van der Waals surface area contributed by atoms with Gasteiger partial charge >= 0.3 is 0 Å². The maximum Gasteiger partial charge on any atom is 0.144 e. The van der Waals surface area contributed by atoms with Gasteiger partial charge in [0.2, 0.25) is 0 Å². The molecule has 0 spiro atoms. The van der Waals surface area contributed by atoms with E-state index in [0.29, 0.717) is 11.0 Å². The van der Waals surface area contributed by atoms with Crippen LogP contribution in [0.2, 0.25) is 0 Å². The van der Waals surface area contributed by atoms with Gasteiger partial charge in [0.05, 0.1) is 4.47 Å². The van der Waals surface area contributed by atoms with Crippen molar-refractivity contribution in [3.8, 4) is 0 Å². The Labute approximate surface area is 96.2 Å². The lowest BCUT2D eigenvalue weighted by Crippen LogP contribution is -2.20. The highest BCUT2D eigenvalue weighted by atomic mass is 79.9. The Hall–Kier alpha value is -0.480. The fraction of sp³-hybridized carbons (Fsp3) is 0.455. The second-order valence-electron chi connectivity index (χ2n) is 3.80. The third kappa shape index (κ3) is 2.37. The van der Waals surface area contributed by atoms with Crippen molar-refractivity contribution in [2.45, 2.75) is 19.4 Å². The molecule has 82 valence electrons. The molecule has 1 saturated heterocycles. The first-order valence-electron chi connectivity index (χ1n) is 5.03. The van der Waals surface area contributed by atoms with Gasteiger partial charge in [-0.05, 0) is 54.0 Å². The number of nitrogens with zero attached hydrogens (tertiary/aromatic N) is 1. The van der Waals surface area contributed by atoms with E-state index in [9.17, 15) is 8.78 Å². The molecule has 1 aromatic rings. The molecule has 15 heavy (non-hydrogen) atoms. The largest absolute Gasteiger partial charge is 0.299 e. The highest BCUT2D eigenvalue weighted by Crippen LogP contribution is 2.24. The van der Waals surface area contributed by atoms with Crippen LogP contribution < -0.4 is 0 Å². The predicted octanol–water partition coefficient (Wildman–Crippen LogP) is 3.32. The van der Waals surface area contributed by atoms with E-state index in [0.717, 1.165) is 25.9 Å². The van der Waals surface area contributed by atoms with E-state index in [2.05, 4.69) is 20.8 Å². The maximum atomic E-state index is 13.6. The summed E-state index contributed by atoms with van der Waals surface area (Å²) < 4.78 is 27.3. The highest BCUT2D eigenvalue weighted by Gasteiger charge is 2.18. The Morgan fingerprint density at radius 2 is 1.87 bits per heavy atom. The Kier molecular flexibility index (Phi) is 3.36. The summed E-state index contributed by atoms with van der Waals surface area (Å²) in [6.45, 7) is 2.24. The fourth-order valence-corrected chi connectivity index (χ4v) is 2.25. The van der Waals surface area contributed by atoms with E-state index in [1.807, 2.05) is 0 Å². The minimum Gasteiger partial charge on any atom is -0.299 e. The molecule has 1 nitrogen and oxygen atoms in total. The molecule has 0 aliphatic carbocycles. The summed E-state index contributed by atoms with van der Waals surface area (Å²) in [4.78, 5) is 2.08. The molecule has 0 unspecified atom stereocenters. The Morgan fingerprint density at radius 1 is 1.20 bits per heavy atom. The van der Waals surface area contributed by atoms with Crippen LogP contribution in [-0.2, 0) is 6.54 Å². The van der Waals surface area contributed by atoms with Gasteiger partial charge in [-0.2, -0.15) is 0 Å². The van der Waals surface area contributed by atoms with Crippen molar-refractivity contribution in [1.29, 1.82) is 0 Å². The van der Waals surface area contributed by atoms with Gasteiger partial charge in [-0.15, -0.1) is 0 Å². The van der Waals surface area contributed by atoms with Crippen molar-refractivity contribution in [2.75, 3.05) is 13.1 Å². The zero-order valence-corrected chi connectivity index (χ0v) is 9.86. The van der Waals surface area contributed by atoms with Gasteiger partial charge in [0.1, 0.15) is 11.6 Å². The lowest BCUT2D eigenvalue weighted by atomic mass is 10.2. The molecule has 0 aromatic heterocycles. The van der Waals surface area contributed by atoms with Crippen molar-refractivity contribution < 1.29 is 8.78 Å². The summed E-state index contributed by atoms with van der Waals surface area (Å²) in [7, 11) is 0. The fourth-order valence-electron chi connectivity index (χ4n) is 1.88. The van der Waals surface area contributed by atoms with Crippen molar-refractivity contribution in [3.05, 3.63) is 33.8 Å². The highest BCUT2D eigenvalue weighted by molar-refractivity contribution is 9.10. The average Bonchev–Trinajstić information content (AvgIpc) is 2.71. The second kappa shape index (κ2) is 4.58. The van der Waals surface area contributed by atoms with Gasteiger partial charge in [0.15, 0.2) is 0 Å². The average molecular weight is 276 g/mol. The van der Waals surface area contributed by atoms with E-state index < -0.39 is 11.6 Å². The summed E-state index contributed by atoms with van der Waals surface area (Å²) in [5.41, 5.74) is 0.172. The maximum absolute atomic E-state index is 13.6. The van der Waals surface area contributed by atoms with E-state index in [1.54, 1.807) is 0 Å². The monoisotopic (exact) mass is 275 g/mol. The quantitative estimate of drug-likeness (QED) is 0.749. The number of halogens is 3. The molecular formula is C11H12BrF2N. The summed E-state index contributed by atoms with van der Waals surface area (Å²) >= 11 is 3.07. The number of hydrogen-bond acceptors (Lipinski definition) is 1. The summed E-state index contributed by atoms with van der Waals surface area (Å²) in [5.74, 6) is -0.926. The molecule has 0 saturated carbocycles. The van der Waals surface area contributed by atoms with Crippen LogP contribution in [-0.4, -0.2) is 18.0 Å². The van der Waals surface area contributed by atoms with Crippen LogP contribution in [0.1, 0.15) is 18.4 Å². The minimum atomic E-state index is -0.470. The molecule has 0 atom stereocenters. The van der Waals surface area contributed by atoms with Gasteiger partial charge in [0, 0.05) is 12.1 Å². The molecule has 1 heterocycles. The molecule has 1 aromatic carbocycles. The lowest BCUT2D eigenvalue weighted by Gasteiger charge is -2.15. The second-order valence-corrected chi connectivity index (χ2v) is 4.66. The van der Waals surface area contributed by atoms with Crippen LogP contribution in [0.15, 0.2) is 16.6 Å². The molecule has 0 amide bonds. The van der Waals surface area contributed by atoms with Crippen LogP contribution in [0.25, 0.3) is 0 Å². The van der Waals surface area contributed by atoms with Crippen LogP contribution in [0.3, 0.4) is 0 Å². The van der Waals surface area contributed by atoms with Crippen molar-refractivity contribution in [2.24, 2.45) is 0 Å². The Morgan fingerprint density at radius 3 is 2.53 bits per heavy atom. The standard InChI is InChI=1S/C11H12BrF2N/c12-9-3-4-10(13)8(11(9)14)7-15-5-1-2-6-15/h3-4H,1-2,5-7H2. The first-order chi connectivity index (χ1) is 7.18. The SMILES string of the molecule is Fc1ccc(Br)c(F)c1CN1CCCC1. The van der Waals surface area contributed by atoms with Crippen LogP contribution in [0, 0.1) is 11.6 Å². The molecule has 0 bridgehead atoms. The predicted molar refractivity (Wildman–Crippen MR) is 58.6 cm³/mol. The Balaban J connectivity index is 2.22. The van der Waals surface area contributed by atoms with Gasteiger partial charge in [-0.1, -0.05) is 0 Å². The third-order valence-corrected chi connectivity index (χ3v) is 3.33. The summed E-state index contributed by atoms with van der Waals surface area (Å²) in [6.07, 6.45) is 2.24. The van der Waals surface area contributed by atoms with E-state index in [1.165, 1.54) is 12.1 Å². The van der Waals surface area contributed by atoms with E-state index in [-0.39, 0.29) is 5.56 Å². The molecule has 1 aliphatic rings. The summed E-state index contributed by atoms with van der Waals surface area (Å²) in [5, 5.41) is 0. The number of hydrogen-bond donors (Lipinski definition) is 0. The molecular weight excluding hydrogens is 264 g/mol. The third-order valence-electron chi connectivity index (χ3n) is 2.72. The van der Waals surface area contributed by atoms with E-state index >= 15 is 0 Å². The first-order valence-corrected chi connectivity index (χ1v) is 5.82. The number of benzene rings is 1. The molecule has 0 radical (unpaired) electrons. The summed E-state index contributed by atoms with van der Waals surface area (Å²) in [6, 6.07) is 2.71. The van der Waals surface area contributed by atoms with Crippen molar-refractivity contribution >= 4 is 15.9 Å². The smallest absolute Gasteiger partial charge is 0.144 e. The van der Waals surface area contributed by atoms with Gasteiger partial charge in [0.25, 0.3) is 0 Å². The van der Waals surface area contributed by atoms with Crippen LogP contribution in [0.4, 0.5) is 8.78 Å². The van der Waals surface area contributed by atoms with Gasteiger partial charge in [-0.3, -0.25) is 4.90 Å². The lowest BCUT2D eigenvalue weighted by molar-refractivity contribution is 0.318. The molecule has 0 N–H and O–H groups in total. The molecule has 1 fully saturated rings. The molecule has 4 heteroatoms. The van der Waals surface area contributed by atoms with Gasteiger partial charge in [-0.25, -0.2) is 8.78 Å². The topological polar surface area (TPSA) is 3.24 Å². The van der Waals surface area contributed by atoms with Crippen LogP contribution >= 0.6 is 15.9 Å². The van der Waals surface area contributed by atoms with E-state index in [4.69, 9.17) is 0 Å². The van der Waals surface area contributed by atoms with Crippen LogP contribution in [0.5, 0.6) is 0 Å². The number of rotatable bonds is 2. The normalized spacial score (nSPS) is 17.3. The van der Waals surface area contributed by atoms with Gasteiger partial charge < -0.3 is 0 Å².